The zero-order valence-electron chi connectivity index (χ0n) is 10.9. The Morgan fingerprint density at radius 2 is 1.86 bits per heavy atom. The van der Waals surface area contributed by atoms with Crippen molar-refractivity contribution in [3.05, 3.63) is 58.3 Å². The monoisotopic (exact) mass is 354 g/mol. The van der Waals surface area contributed by atoms with Crippen LogP contribution in [0.1, 0.15) is 11.4 Å². The first-order chi connectivity index (χ1) is 9.86. The molecule has 0 radical (unpaired) electrons. The Morgan fingerprint density at radius 1 is 1.10 bits per heavy atom. The fourth-order valence-corrected chi connectivity index (χ4v) is 2.71. The fourth-order valence-electron chi connectivity index (χ4n) is 2.32. The van der Waals surface area contributed by atoms with Gasteiger partial charge in [-0.3, -0.25) is 4.57 Å². The van der Waals surface area contributed by atoms with Crippen molar-refractivity contribution in [1.82, 2.24) is 9.55 Å². The number of alkyl halides is 3. The average Bonchev–Trinajstić information content (AvgIpc) is 2.72. The van der Waals surface area contributed by atoms with E-state index in [-0.39, 0.29) is 0 Å². The van der Waals surface area contributed by atoms with Crippen LogP contribution in [0.15, 0.2) is 46.9 Å². The van der Waals surface area contributed by atoms with Crippen LogP contribution in [0.2, 0.25) is 0 Å². The van der Waals surface area contributed by atoms with Gasteiger partial charge in [0.15, 0.2) is 0 Å². The van der Waals surface area contributed by atoms with Gasteiger partial charge < -0.3 is 0 Å². The minimum absolute atomic E-state index is 0.335. The first kappa shape index (κ1) is 14.1. The maximum absolute atomic E-state index is 12.8. The Morgan fingerprint density at radius 3 is 2.52 bits per heavy atom. The van der Waals surface area contributed by atoms with Crippen LogP contribution >= 0.6 is 15.9 Å². The van der Waals surface area contributed by atoms with Gasteiger partial charge in [0.2, 0.25) is 0 Å². The predicted octanol–water partition coefficient (Wildman–Crippen LogP) is 5.12. The Balaban J connectivity index is 2.23. The van der Waals surface area contributed by atoms with Gasteiger partial charge >= 0.3 is 6.18 Å². The van der Waals surface area contributed by atoms with E-state index in [0.29, 0.717) is 16.9 Å². The number of aromatic nitrogens is 2. The van der Waals surface area contributed by atoms with Crippen molar-refractivity contribution in [3.8, 4) is 5.69 Å². The lowest BCUT2D eigenvalue weighted by molar-refractivity contribution is -0.137. The maximum Gasteiger partial charge on any atom is 0.416 e. The number of halogens is 4. The zero-order valence-corrected chi connectivity index (χ0v) is 12.5. The van der Waals surface area contributed by atoms with Crippen LogP contribution < -0.4 is 0 Å². The molecule has 2 aromatic carbocycles. The number of fused-ring (bicyclic) bond motifs is 1. The molecule has 0 aliphatic rings. The first-order valence-corrected chi connectivity index (χ1v) is 6.98. The van der Waals surface area contributed by atoms with Crippen LogP contribution in [-0.4, -0.2) is 9.55 Å². The van der Waals surface area contributed by atoms with E-state index in [0.717, 1.165) is 22.3 Å². The quantitative estimate of drug-likeness (QED) is 0.593. The molecule has 0 atom stereocenters. The lowest BCUT2D eigenvalue weighted by atomic mass is 10.2. The summed E-state index contributed by atoms with van der Waals surface area (Å²) in [6.07, 6.45) is -4.36. The number of aryl methyl sites for hydroxylation is 1. The molecule has 2 nitrogen and oxygen atoms in total. The van der Waals surface area contributed by atoms with Crippen molar-refractivity contribution in [3.63, 3.8) is 0 Å². The normalized spacial score (nSPS) is 12.0. The standard InChI is InChI=1S/C15H10BrF3N2/c1-9-20-13-7-10(15(17,18)19)5-6-14(13)21(9)12-4-2-3-11(16)8-12/h2-8H,1H3. The third-order valence-corrected chi connectivity index (χ3v) is 3.71. The lowest BCUT2D eigenvalue weighted by Crippen LogP contribution is -2.04. The van der Waals surface area contributed by atoms with Gasteiger partial charge in [-0.1, -0.05) is 22.0 Å². The van der Waals surface area contributed by atoms with Crippen LogP contribution in [-0.2, 0) is 6.18 Å². The third kappa shape index (κ3) is 2.55. The molecular weight excluding hydrogens is 345 g/mol. The van der Waals surface area contributed by atoms with E-state index in [4.69, 9.17) is 0 Å². The number of nitrogens with zero attached hydrogens (tertiary/aromatic N) is 2. The van der Waals surface area contributed by atoms with Gasteiger partial charge in [0.05, 0.1) is 16.6 Å². The topological polar surface area (TPSA) is 17.8 Å². The number of imidazole rings is 1. The fraction of sp³-hybridized carbons (Fsp3) is 0.133. The molecule has 0 saturated carbocycles. The van der Waals surface area contributed by atoms with Crippen LogP contribution in [0.5, 0.6) is 0 Å². The molecule has 1 heterocycles. The molecule has 0 saturated heterocycles. The Bertz CT molecular complexity index is 821. The molecule has 0 spiro atoms. The summed E-state index contributed by atoms with van der Waals surface area (Å²) in [7, 11) is 0. The summed E-state index contributed by atoms with van der Waals surface area (Å²) in [5.41, 5.74) is 1.15. The molecule has 0 aliphatic carbocycles. The Kier molecular flexibility index (Phi) is 3.28. The summed E-state index contributed by atoms with van der Waals surface area (Å²) in [5, 5.41) is 0. The minimum atomic E-state index is -4.36. The molecule has 0 amide bonds. The highest BCUT2D eigenvalue weighted by Crippen LogP contribution is 2.32. The van der Waals surface area contributed by atoms with E-state index in [1.807, 2.05) is 28.8 Å². The highest BCUT2D eigenvalue weighted by Gasteiger charge is 2.31. The second-order valence-corrected chi connectivity index (χ2v) is 5.59. The highest BCUT2D eigenvalue weighted by atomic mass is 79.9. The average molecular weight is 355 g/mol. The summed E-state index contributed by atoms with van der Waals surface area (Å²) < 4.78 is 41.0. The van der Waals surface area contributed by atoms with Crippen LogP contribution in [0.4, 0.5) is 13.2 Å². The van der Waals surface area contributed by atoms with Crippen molar-refractivity contribution in [1.29, 1.82) is 0 Å². The van der Waals surface area contributed by atoms with Crippen molar-refractivity contribution in [2.24, 2.45) is 0 Å². The lowest BCUT2D eigenvalue weighted by Gasteiger charge is -2.09. The zero-order chi connectivity index (χ0) is 15.2. The second-order valence-electron chi connectivity index (χ2n) is 4.68. The van der Waals surface area contributed by atoms with E-state index >= 15 is 0 Å². The molecule has 3 aromatic rings. The van der Waals surface area contributed by atoms with E-state index < -0.39 is 11.7 Å². The van der Waals surface area contributed by atoms with Gasteiger partial charge in [-0.2, -0.15) is 13.2 Å². The molecular formula is C15H10BrF3N2. The summed E-state index contributed by atoms with van der Waals surface area (Å²) in [4.78, 5) is 4.24. The minimum Gasteiger partial charge on any atom is -0.296 e. The summed E-state index contributed by atoms with van der Waals surface area (Å²) in [6, 6.07) is 11.2. The number of rotatable bonds is 1. The van der Waals surface area contributed by atoms with Crippen LogP contribution in [0, 0.1) is 6.92 Å². The van der Waals surface area contributed by atoms with Gasteiger partial charge in [0.1, 0.15) is 5.82 Å². The van der Waals surface area contributed by atoms with E-state index in [2.05, 4.69) is 20.9 Å². The van der Waals surface area contributed by atoms with Crippen molar-refractivity contribution < 1.29 is 13.2 Å². The smallest absolute Gasteiger partial charge is 0.296 e. The highest BCUT2D eigenvalue weighted by molar-refractivity contribution is 9.10. The molecule has 108 valence electrons. The van der Waals surface area contributed by atoms with Crippen molar-refractivity contribution in [2.45, 2.75) is 13.1 Å². The van der Waals surface area contributed by atoms with E-state index in [1.165, 1.54) is 6.07 Å². The molecule has 21 heavy (non-hydrogen) atoms. The van der Waals surface area contributed by atoms with Crippen molar-refractivity contribution >= 4 is 27.0 Å². The second kappa shape index (κ2) is 4.87. The number of benzene rings is 2. The number of hydrogen-bond acceptors (Lipinski definition) is 1. The summed E-state index contributed by atoms with van der Waals surface area (Å²) in [5.74, 6) is 0.641. The van der Waals surface area contributed by atoms with Gasteiger partial charge in [0.25, 0.3) is 0 Å². The van der Waals surface area contributed by atoms with Gasteiger partial charge in [-0.25, -0.2) is 4.98 Å². The van der Waals surface area contributed by atoms with E-state index in [1.54, 1.807) is 6.92 Å². The molecule has 3 rings (SSSR count). The Hall–Kier alpha value is -1.82. The van der Waals surface area contributed by atoms with Crippen molar-refractivity contribution in [2.75, 3.05) is 0 Å². The molecule has 0 unspecified atom stereocenters. The molecule has 1 aromatic heterocycles. The largest absolute Gasteiger partial charge is 0.416 e. The maximum atomic E-state index is 12.8. The molecule has 6 heteroatoms. The Labute approximate surface area is 127 Å². The van der Waals surface area contributed by atoms with Gasteiger partial charge in [0, 0.05) is 10.2 Å². The number of hydrogen-bond donors (Lipinski definition) is 0. The van der Waals surface area contributed by atoms with Crippen LogP contribution in [0.25, 0.3) is 16.7 Å². The predicted molar refractivity (Wildman–Crippen MR) is 78.5 cm³/mol. The van der Waals surface area contributed by atoms with Gasteiger partial charge in [-0.05, 0) is 43.3 Å². The molecule has 0 aliphatic heterocycles. The summed E-state index contributed by atoms with van der Waals surface area (Å²) in [6.45, 7) is 1.77. The SMILES string of the molecule is Cc1nc2cc(C(F)(F)F)ccc2n1-c1cccc(Br)c1. The summed E-state index contributed by atoms with van der Waals surface area (Å²) >= 11 is 3.39. The first-order valence-electron chi connectivity index (χ1n) is 6.18. The van der Waals surface area contributed by atoms with Crippen LogP contribution in [0.3, 0.4) is 0 Å². The van der Waals surface area contributed by atoms with E-state index in [9.17, 15) is 13.2 Å². The molecule has 0 N–H and O–H groups in total. The molecule has 0 bridgehead atoms. The third-order valence-electron chi connectivity index (χ3n) is 3.22. The van der Waals surface area contributed by atoms with Gasteiger partial charge in [-0.15, -0.1) is 0 Å². The molecule has 0 fully saturated rings.